The molecule has 0 unspecified atom stereocenters. The summed E-state index contributed by atoms with van der Waals surface area (Å²) in [6, 6.07) is 4.55. The van der Waals surface area contributed by atoms with Crippen LogP contribution < -0.4 is 0 Å². The molecule has 0 bridgehead atoms. The van der Waals surface area contributed by atoms with Gasteiger partial charge in [-0.3, -0.25) is 4.79 Å². The van der Waals surface area contributed by atoms with Gasteiger partial charge in [-0.05, 0) is 26.0 Å². The first kappa shape index (κ1) is 12.4. The molecule has 0 spiro atoms. The van der Waals surface area contributed by atoms with Crippen LogP contribution in [-0.4, -0.2) is 23.9 Å². The number of carbonyl (C=O) groups is 1. The van der Waals surface area contributed by atoms with Crippen LogP contribution in [0.4, 0.5) is 4.39 Å². The smallest absolute Gasteiger partial charge is 0.257 e. The molecule has 0 aliphatic rings. The second-order valence-corrected chi connectivity index (χ2v) is 3.62. The summed E-state index contributed by atoms with van der Waals surface area (Å²) >= 11 is 0. The molecule has 1 aromatic rings. The molecule has 2 nitrogen and oxygen atoms in total. The predicted octanol–water partition coefficient (Wildman–Crippen LogP) is 2.78. The second kappa shape index (κ2) is 5.45. The highest BCUT2D eigenvalue weighted by Gasteiger charge is 2.16. The van der Waals surface area contributed by atoms with Crippen molar-refractivity contribution in [3.8, 4) is 0 Å². The van der Waals surface area contributed by atoms with E-state index in [1.54, 1.807) is 23.1 Å². The van der Waals surface area contributed by atoms with Crippen LogP contribution in [0, 0.1) is 12.7 Å². The predicted molar refractivity (Wildman–Crippen MR) is 62.9 cm³/mol. The Labute approximate surface area is 95.4 Å². The van der Waals surface area contributed by atoms with Gasteiger partial charge in [-0.2, -0.15) is 0 Å². The zero-order valence-corrected chi connectivity index (χ0v) is 9.66. The molecule has 1 aromatic carbocycles. The van der Waals surface area contributed by atoms with E-state index in [2.05, 4.69) is 6.58 Å². The average molecular weight is 221 g/mol. The van der Waals surface area contributed by atoms with Gasteiger partial charge in [-0.1, -0.05) is 17.7 Å². The van der Waals surface area contributed by atoms with Gasteiger partial charge in [-0.15, -0.1) is 6.58 Å². The third-order valence-electron chi connectivity index (χ3n) is 2.37. The summed E-state index contributed by atoms with van der Waals surface area (Å²) < 4.78 is 13.5. The Morgan fingerprint density at radius 1 is 1.56 bits per heavy atom. The van der Waals surface area contributed by atoms with Crippen LogP contribution in [-0.2, 0) is 0 Å². The van der Waals surface area contributed by atoms with Crippen LogP contribution in [0.25, 0.3) is 0 Å². The van der Waals surface area contributed by atoms with Gasteiger partial charge in [0.25, 0.3) is 5.91 Å². The highest BCUT2D eigenvalue weighted by atomic mass is 19.1. The zero-order chi connectivity index (χ0) is 12.1. The number of nitrogens with zero attached hydrogens (tertiary/aromatic N) is 1. The summed E-state index contributed by atoms with van der Waals surface area (Å²) in [6.45, 7) is 8.24. The molecule has 0 aromatic heterocycles. The first-order chi connectivity index (χ1) is 7.60. The lowest BCUT2D eigenvalue weighted by atomic mass is 10.1. The summed E-state index contributed by atoms with van der Waals surface area (Å²) in [5, 5.41) is 0. The quantitative estimate of drug-likeness (QED) is 0.716. The summed E-state index contributed by atoms with van der Waals surface area (Å²) in [5.41, 5.74) is 1.00. The summed E-state index contributed by atoms with van der Waals surface area (Å²) in [7, 11) is 0. The number of hydrogen-bond acceptors (Lipinski definition) is 1. The van der Waals surface area contributed by atoms with Gasteiger partial charge < -0.3 is 4.90 Å². The van der Waals surface area contributed by atoms with Gasteiger partial charge in [-0.25, -0.2) is 4.39 Å². The molecular weight excluding hydrogens is 205 g/mol. The number of likely N-dealkylation sites (N-methyl/N-ethyl adjacent to an activating group) is 1. The van der Waals surface area contributed by atoms with Crippen molar-refractivity contribution in [2.45, 2.75) is 13.8 Å². The van der Waals surface area contributed by atoms with E-state index >= 15 is 0 Å². The largest absolute Gasteiger partial charge is 0.335 e. The van der Waals surface area contributed by atoms with Crippen molar-refractivity contribution in [2.75, 3.05) is 13.1 Å². The van der Waals surface area contributed by atoms with E-state index in [1.807, 2.05) is 13.8 Å². The van der Waals surface area contributed by atoms with Crippen molar-refractivity contribution in [1.82, 2.24) is 4.90 Å². The molecule has 0 radical (unpaired) electrons. The third kappa shape index (κ3) is 2.69. The minimum absolute atomic E-state index is 0.128. The lowest BCUT2D eigenvalue weighted by Crippen LogP contribution is -2.31. The standard InChI is InChI=1S/C13H16FNO/c1-4-8-15(5-2)13(16)11-9-10(3)6-7-12(11)14/h4,6-7,9H,1,5,8H2,2-3H3. The van der Waals surface area contributed by atoms with Crippen LogP contribution in [0.5, 0.6) is 0 Å². The topological polar surface area (TPSA) is 20.3 Å². The van der Waals surface area contributed by atoms with E-state index in [4.69, 9.17) is 0 Å². The molecule has 0 aliphatic heterocycles. The first-order valence-corrected chi connectivity index (χ1v) is 5.26. The Morgan fingerprint density at radius 3 is 2.81 bits per heavy atom. The highest BCUT2D eigenvalue weighted by molar-refractivity contribution is 5.94. The fourth-order valence-corrected chi connectivity index (χ4v) is 1.48. The highest BCUT2D eigenvalue weighted by Crippen LogP contribution is 2.12. The maximum absolute atomic E-state index is 13.5. The van der Waals surface area contributed by atoms with Crippen LogP contribution in [0.1, 0.15) is 22.8 Å². The van der Waals surface area contributed by atoms with Crippen molar-refractivity contribution in [3.05, 3.63) is 47.8 Å². The Balaban J connectivity index is 3.02. The van der Waals surface area contributed by atoms with Crippen molar-refractivity contribution in [1.29, 1.82) is 0 Å². The van der Waals surface area contributed by atoms with E-state index in [0.717, 1.165) is 5.56 Å². The molecule has 0 heterocycles. The maximum Gasteiger partial charge on any atom is 0.257 e. The number of rotatable bonds is 4. The Bertz CT molecular complexity index is 401. The third-order valence-corrected chi connectivity index (χ3v) is 2.37. The van der Waals surface area contributed by atoms with E-state index in [9.17, 15) is 9.18 Å². The lowest BCUT2D eigenvalue weighted by Gasteiger charge is -2.19. The number of amides is 1. The number of halogens is 1. The molecule has 3 heteroatoms. The zero-order valence-electron chi connectivity index (χ0n) is 9.66. The summed E-state index contributed by atoms with van der Waals surface area (Å²) in [4.78, 5) is 13.5. The molecule has 0 N–H and O–H groups in total. The molecule has 1 rings (SSSR count). The fourth-order valence-electron chi connectivity index (χ4n) is 1.48. The van der Waals surface area contributed by atoms with E-state index in [-0.39, 0.29) is 11.5 Å². The van der Waals surface area contributed by atoms with Gasteiger partial charge in [0.15, 0.2) is 0 Å². The first-order valence-electron chi connectivity index (χ1n) is 5.26. The van der Waals surface area contributed by atoms with Gasteiger partial charge >= 0.3 is 0 Å². The average Bonchev–Trinajstić information content (AvgIpc) is 2.28. The molecule has 0 aliphatic carbocycles. The number of hydrogen-bond donors (Lipinski definition) is 0. The second-order valence-electron chi connectivity index (χ2n) is 3.62. The van der Waals surface area contributed by atoms with Crippen LogP contribution in [0.2, 0.25) is 0 Å². The number of benzene rings is 1. The van der Waals surface area contributed by atoms with Crippen molar-refractivity contribution in [2.24, 2.45) is 0 Å². The SMILES string of the molecule is C=CCN(CC)C(=O)c1cc(C)ccc1F. The fraction of sp³-hybridized carbons (Fsp3) is 0.308. The molecule has 0 saturated carbocycles. The van der Waals surface area contributed by atoms with Gasteiger partial charge in [0, 0.05) is 13.1 Å². The normalized spacial score (nSPS) is 9.94. The Hall–Kier alpha value is -1.64. The molecule has 16 heavy (non-hydrogen) atoms. The molecule has 86 valence electrons. The van der Waals surface area contributed by atoms with Gasteiger partial charge in [0.2, 0.25) is 0 Å². The molecule has 0 saturated heterocycles. The van der Waals surface area contributed by atoms with Crippen molar-refractivity contribution < 1.29 is 9.18 Å². The van der Waals surface area contributed by atoms with E-state index in [0.29, 0.717) is 13.1 Å². The van der Waals surface area contributed by atoms with Gasteiger partial charge in [0.05, 0.1) is 5.56 Å². The van der Waals surface area contributed by atoms with E-state index in [1.165, 1.54) is 6.07 Å². The summed E-state index contributed by atoms with van der Waals surface area (Å²) in [6.07, 6.45) is 1.63. The minimum atomic E-state index is -0.474. The number of carbonyl (C=O) groups excluding carboxylic acids is 1. The van der Waals surface area contributed by atoms with Crippen molar-refractivity contribution in [3.63, 3.8) is 0 Å². The van der Waals surface area contributed by atoms with E-state index < -0.39 is 5.82 Å². The monoisotopic (exact) mass is 221 g/mol. The van der Waals surface area contributed by atoms with Crippen LogP contribution in [0.15, 0.2) is 30.9 Å². The number of aryl methyl sites for hydroxylation is 1. The lowest BCUT2D eigenvalue weighted by molar-refractivity contribution is 0.0777. The maximum atomic E-state index is 13.5. The Kier molecular flexibility index (Phi) is 4.23. The molecule has 1 amide bonds. The molecule has 0 atom stereocenters. The molecular formula is C13H16FNO. The Morgan fingerprint density at radius 2 is 2.25 bits per heavy atom. The minimum Gasteiger partial charge on any atom is -0.335 e. The van der Waals surface area contributed by atoms with Crippen LogP contribution in [0.3, 0.4) is 0 Å². The molecule has 0 fully saturated rings. The van der Waals surface area contributed by atoms with Gasteiger partial charge in [0.1, 0.15) is 5.82 Å². The summed E-state index contributed by atoms with van der Waals surface area (Å²) in [5.74, 6) is -0.762. The van der Waals surface area contributed by atoms with Crippen LogP contribution >= 0.6 is 0 Å². The van der Waals surface area contributed by atoms with Crippen molar-refractivity contribution >= 4 is 5.91 Å².